The first kappa shape index (κ1) is 17.9. The molecule has 1 atom stereocenters. The van der Waals surface area contributed by atoms with E-state index in [1.807, 2.05) is 0 Å². The summed E-state index contributed by atoms with van der Waals surface area (Å²) in [7, 11) is 1.52. The normalized spacial score (nSPS) is 16.7. The first-order valence-electron chi connectivity index (χ1n) is 7.62. The predicted molar refractivity (Wildman–Crippen MR) is 83.4 cm³/mol. The number of halogens is 1. The number of nitrogens with zero attached hydrogens (tertiary/aromatic N) is 1. The highest BCUT2D eigenvalue weighted by molar-refractivity contribution is 6.04. The van der Waals surface area contributed by atoms with E-state index >= 15 is 0 Å². The smallest absolute Gasteiger partial charge is 0.322 e. The van der Waals surface area contributed by atoms with Gasteiger partial charge in [-0.3, -0.25) is 14.9 Å². The number of hydrogen-bond donors (Lipinski definition) is 2. The molecule has 0 bridgehead atoms. The number of carbonyl (C=O) groups excluding carboxylic acids is 3. The van der Waals surface area contributed by atoms with Gasteiger partial charge in [0.25, 0.3) is 5.91 Å². The minimum atomic E-state index is -0.709. The fourth-order valence-electron chi connectivity index (χ4n) is 2.41. The Hall–Kier alpha value is -2.48. The van der Waals surface area contributed by atoms with Crippen molar-refractivity contribution in [3.05, 3.63) is 35.6 Å². The van der Waals surface area contributed by atoms with Crippen LogP contribution in [0.2, 0.25) is 0 Å². The van der Waals surface area contributed by atoms with Crippen LogP contribution in [0.4, 0.5) is 9.18 Å². The molecule has 4 amide bonds. The Kier molecular flexibility index (Phi) is 6.25. The number of imide groups is 1. The number of rotatable bonds is 8. The maximum atomic E-state index is 13.8. The van der Waals surface area contributed by atoms with Crippen molar-refractivity contribution < 1.29 is 23.5 Å². The van der Waals surface area contributed by atoms with E-state index < -0.39 is 18.0 Å². The number of urea groups is 1. The van der Waals surface area contributed by atoms with Crippen LogP contribution in [0.3, 0.4) is 0 Å². The topological polar surface area (TPSA) is 87.7 Å². The summed E-state index contributed by atoms with van der Waals surface area (Å²) in [4.78, 5) is 36.4. The van der Waals surface area contributed by atoms with Crippen molar-refractivity contribution >= 4 is 17.8 Å². The van der Waals surface area contributed by atoms with Crippen LogP contribution in [-0.4, -0.2) is 49.0 Å². The van der Waals surface area contributed by atoms with Gasteiger partial charge in [0.2, 0.25) is 5.91 Å². The van der Waals surface area contributed by atoms with Crippen LogP contribution in [-0.2, 0) is 20.9 Å². The van der Waals surface area contributed by atoms with Crippen molar-refractivity contribution in [1.82, 2.24) is 15.5 Å². The minimum absolute atomic E-state index is 0.0660. The number of carbonyl (C=O) groups is 3. The third kappa shape index (κ3) is 4.76. The van der Waals surface area contributed by atoms with Crippen molar-refractivity contribution in [3.8, 4) is 0 Å². The second kappa shape index (κ2) is 8.39. The van der Waals surface area contributed by atoms with Crippen LogP contribution in [0.15, 0.2) is 24.3 Å². The summed E-state index contributed by atoms with van der Waals surface area (Å²) in [6.07, 6.45) is 0.258. The second-order valence-electron chi connectivity index (χ2n) is 5.45. The number of nitrogens with one attached hydrogen (secondary N) is 2. The molecule has 0 aromatic heterocycles. The molecule has 8 heteroatoms. The summed E-state index contributed by atoms with van der Waals surface area (Å²) >= 11 is 0. The van der Waals surface area contributed by atoms with Crippen molar-refractivity contribution in [2.75, 3.05) is 20.3 Å². The molecule has 2 rings (SSSR count). The van der Waals surface area contributed by atoms with Gasteiger partial charge < -0.3 is 15.0 Å². The number of benzene rings is 1. The molecule has 7 nitrogen and oxygen atoms in total. The predicted octanol–water partition coefficient (Wildman–Crippen LogP) is 0.789. The summed E-state index contributed by atoms with van der Waals surface area (Å²) in [5.41, 5.74) is 0.411. The van der Waals surface area contributed by atoms with Gasteiger partial charge in [-0.05, 0) is 12.5 Å². The quantitative estimate of drug-likeness (QED) is 0.687. The maximum absolute atomic E-state index is 13.8. The molecule has 130 valence electrons. The lowest BCUT2D eigenvalue weighted by atomic mass is 10.1. The first-order chi connectivity index (χ1) is 11.5. The van der Waals surface area contributed by atoms with E-state index in [-0.39, 0.29) is 31.1 Å². The molecular formula is C16H20FN3O4. The zero-order valence-electron chi connectivity index (χ0n) is 13.4. The molecular weight excluding hydrogens is 317 g/mol. The monoisotopic (exact) mass is 337 g/mol. The Balaban J connectivity index is 1.96. The summed E-state index contributed by atoms with van der Waals surface area (Å²) in [5.74, 6) is -1.05. The van der Waals surface area contributed by atoms with Crippen molar-refractivity contribution in [3.63, 3.8) is 0 Å². The van der Waals surface area contributed by atoms with Gasteiger partial charge >= 0.3 is 6.03 Å². The number of hydrogen-bond acceptors (Lipinski definition) is 4. The number of methoxy groups -OCH3 is 1. The van der Waals surface area contributed by atoms with Gasteiger partial charge in [-0.15, -0.1) is 0 Å². The van der Waals surface area contributed by atoms with Gasteiger partial charge in [0, 0.05) is 32.2 Å². The van der Waals surface area contributed by atoms with Gasteiger partial charge in [0.05, 0.1) is 6.61 Å². The van der Waals surface area contributed by atoms with E-state index in [1.165, 1.54) is 18.1 Å². The second-order valence-corrected chi connectivity index (χ2v) is 5.45. The first-order valence-corrected chi connectivity index (χ1v) is 7.62. The van der Waals surface area contributed by atoms with Gasteiger partial charge in [-0.2, -0.15) is 0 Å². The highest BCUT2D eigenvalue weighted by Crippen LogP contribution is 2.12. The Morgan fingerprint density at radius 2 is 2.08 bits per heavy atom. The van der Waals surface area contributed by atoms with E-state index in [0.717, 1.165) is 0 Å². The lowest BCUT2D eigenvalue weighted by Crippen LogP contribution is -2.36. The zero-order chi connectivity index (χ0) is 17.5. The third-order valence-electron chi connectivity index (χ3n) is 3.74. The van der Waals surface area contributed by atoms with Crippen molar-refractivity contribution in [2.24, 2.45) is 0 Å². The molecule has 1 fully saturated rings. The molecule has 0 aliphatic carbocycles. The average molecular weight is 337 g/mol. The molecule has 0 radical (unpaired) electrons. The lowest BCUT2D eigenvalue weighted by molar-refractivity contribution is -0.132. The van der Waals surface area contributed by atoms with Crippen LogP contribution < -0.4 is 10.6 Å². The van der Waals surface area contributed by atoms with E-state index in [9.17, 15) is 18.8 Å². The largest absolute Gasteiger partial charge is 0.383 e. The molecule has 0 spiro atoms. The third-order valence-corrected chi connectivity index (χ3v) is 3.74. The summed E-state index contributed by atoms with van der Waals surface area (Å²) in [6, 6.07) is 4.98. The molecule has 24 heavy (non-hydrogen) atoms. The number of amides is 4. The van der Waals surface area contributed by atoms with Gasteiger partial charge in [0.1, 0.15) is 11.9 Å². The average Bonchev–Trinajstić information content (AvgIpc) is 2.88. The lowest BCUT2D eigenvalue weighted by Gasteiger charge is -2.23. The summed E-state index contributed by atoms with van der Waals surface area (Å²) in [5, 5.41) is 4.56. The van der Waals surface area contributed by atoms with Gasteiger partial charge in [-0.25, -0.2) is 9.18 Å². The van der Waals surface area contributed by atoms with E-state index in [1.54, 1.807) is 18.2 Å². The Morgan fingerprint density at radius 1 is 1.33 bits per heavy atom. The zero-order valence-corrected chi connectivity index (χ0v) is 13.4. The van der Waals surface area contributed by atoms with E-state index in [2.05, 4.69) is 10.6 Å². The molecule has 2 N–H and O–H groups in total. The summed E-state index contributed by atoms with van der Waals surface area (Å²) < 4.78 is 18.8. The van der Waals surface area contributed by atoms with E-state index in [4.69, 9.17) is 4.74 Å². The van der Waals surface area contributed by atoms with Crippen LogP contribution >= 0.6 is 0 Å². The van der Waals surface area contributed by atoms with Crippen LogP contribution in [0.5, 0.6) is 0 Å². The maximum Gasteiger partial charge on any atom is 0.322 e. The van der Waals surface area contributed by atoms with Crippen LogP contribution in [0.25, 0.3) is 0 Å². The number of ether oxygens (including phenoxy) is 1. The molecule has 1 aromatic rings. The molecule has 1 saturated heterocycles. The molecule has 1 aliphatic rings. The van der Waals surface area contributed by atoms with Gasteiger partial charge in [-0.1, -0.05) is 18.2 Å². The highest BCUT2D eigenvalue weighted by atomic mass is 19.1. The fourth-order valence-corrected chi connectivity index (χ4v) is 2.41. The van der Waals surface area contributed by atoms with Crippen molar-refractivity contribution in [2.45, 2.75) is 25.4 Å². The minimum Gasteiger partial charge on any atom is -0.383 e. The Labute approximate surface area is 139 Å². The Bertz CT molecular complexity index is 623. The molecule has 1 aromatic carbocycles. The fraction of sp³-hybridized carbons (Fsp3) is 0.438. The highest BCUT2D eigenvalue weighted by Gasteiger charge is 2.30. The SMILES string of the molecule is COCCN(Cc1ccccc1F)C(=O)CC[C@@H]1NC(=O)NC1=O. The van der Waals surface area contributed by atoms with Gasteiger partial charge in [0.15, 0.2) is 0 Å². The van der Waals surface area contributed by atoms with E-state index in [0.29, 0.717) is 18.7 Å². The molecule has 1 heterocycles. The standard InChI is InChI=1S/C16H20FN3O4/c1-24-9-8-20(10-11-4-2-3-5-12(11)17)14(21)7-6-13-15(22)19-16(23)18-13/h2-5,13H,6-10H2,1H3,(H2,18,19,22,23)/t13-/m0/s1. The van der Waals surface area contributed by atoms with Crippen LogP contribution in [0.1, 0.15) is 18.4 Å². The Morgan fingerprint density at radius 3 is 2.71 bits per heavy atom. The summed E-state index contributed by atoms with van der Waals surface area (Å²) in [6.45, 7) is 0.756. The molecule has 0 saturated carbocycles. The molecule has 0 unspecified atom stereocenters. The molecule has 1 aliphatic heterocycles. The van der Waals surface area contributed by atoms with Crippen LogP contribution in [0, 0.1) is 5.82 Å². The van der Waals surface area contributed by atoms with Crippen molar-refractivity contribution in [1.29, 1.82) is 0 Å².